The van der Waals surface area contributed by atoms with E-state index in [1.807, 2.05) is 30.0 Å². The Bertz CT molecular complexity index is 558. The summed E-state index contributed by atoms with van der Waals surface area (Å²) in [5.41, 5.74) is 8.10. The lowest BCUT2D eigenvalue weighted by molar-refractivity contribution is 0.558. The van der Waals surface area contributed by atoms with Gasteiger partial charge in [0.1, 0.15) is 5.52 Å². The molecule has 0 bridgehead atoms. The van der Waals surface area contributed by atoms with Crippen LogP contribution in [0, 0.1) is 0 Å². The molecule has 0 radical (unpaired) electrons. The van der Waals surface area contributed by atoms with Crippen molar-refractivity contribution in [1.82, 2.24) is 4.98 Å². The third-order valence-electron chi connectivity index (χ3n) is 3.09. The minimum atomic E-state index is 0.605. The predicted molar refractivity (Wildman–Crippen MR) is 77.1 cm³/mol. The van der Waals surface area contributed by atoms with Crippen LogP contribution in [-0.4, -0.2) is 28.6 Å². The molecule has 2 unspecified atom stereocenters. The highest BCUT2D eigenvalue weighted by molar-refractivity contribution is 8.00. The number of anilines is 2. The Labute approximate surface area is 111 Å². The molecule has 96 valence electrons. The van der Waals surface area contributed by atoms with Crippen LogP contribution >= 0.6 is 11.8 Å². The first-order valence-corrected chi connectivity index (χ1v) is 7.12. The predicted octanol–water partition coefficient (Wildman–Crippen LogP) is 2.74. The summed E-state index contributed by atoms with van der Waals surface area (Å²) >= 11 is 2.02. The van der Waals surface area contributed by atoms with Crippen molar-refractivity contribution in [2.24, 2.45) is 0 Å². The fourth-order valence-electron chi connectivity index (χ4n) is 2.40. The Morgan fingerprint density at radius 3 is 2.78 bits per heavy atom. The Balaban J connectivity index is 1.93. The second kappa shape index (κ2) is 4.39. The van der Waals surface area contributed by atoms with E-state index < -0.39 is 0 Å². The second-order valence-electron chi connectivity index (χ2n) is 4.89. The maximum Gasteiger partial charge on any atom is 0.298 e. The molecular formula is C13H17N3OS. The van der Waals surface area contributed by atoms with Crippen molar-refractivity contribution in [2.75, 3.05) is 23.7 Å². The number of hydrogen-bond acceptors (Lipinski definition) is 5. The molecule has 2 N–H and O–H groups in total. The van der Waals surface area contributed by atoms with Gasteiger partial charge in [0.15, 0.2) is 5.58 Å². The molecule has 1 aromatic carbocycles. The van der Waals surface area contributed by atoms with Gasteiger partial charge in [0.25, 0.3) is 6.01 Å². The maximum atomic E-state index is 5.81. The molecule has 1 aliphatic heterocycles. The molecule has 5 heteroatoms. The van der Waals surface area contributed by atoms with Crippen LogP contribution in [0.5, 0.6) is 0 Å². The number of aromatic nitrogens is 1. The molecule has 1 aromatic heterocycles. The van der Waals surface area contributed by atoms with E-state index in [1.165, 1.54) is 0 Å². The summed E-state index contributed by atoms with van der Waals surface area (Å²) in [7, 11) is 0. The molecule has 2 atom stereocenters. The van der Waals surface area contributed by atoms with E-state index in [0.29, 0.717) is 16.2 Å². The first-order chi connectivity index (χ1) is 8.61. The summed E-state index contributed by atoms with van der Waals surface area (Å²) in [6.07, 6.45) is 0. The quantitative estimate of drug-likeness (QED) is 0.802. The van der Waals surface area contributed by atoms with E-state index in [1.54, 1.807) is 0 Å². The van der Waals surface area contributed by atoms with Gasteiger partial charge in [-0.3, -0.25) is 0 Å². The van der Waals surface area contributed by atoms with Crippen LogP contribution in [0.2, 0.25) is 0 Å². The van der Waals surface area contributed by atoms with Gasteiger partial charge in [-0.25, -0.2) is 0 Å². The van der Waals surface area contributed by atoms with Crippen LogP contribution in [0.3, 0.4) is 0 Å². The minimum Gasteiger partial charge on any atom is -0.423 e. The van der Waals surface area contributed by atoms with Gasteiger partial charge in [-0.2, -0.15) is 16.7 Å². The molecule has 18 heavy (non-hydrogen) atoms. The third-order valence-corrected chi connectivity index (χ3v) is 4.32. The average Bonchev–Trinajstić information content (AvgIpc) is 2.70. The van der Waals surface area contributed by atoms with Crippen molar-refractivity contribution in [3.63, 3.8) is 0 Å². The summed E-state index contributed by atoms with van der Waals surface area (Å²) < 4.78 is 5.81. The normalized spacial score (nSPS) is 24.7. The Hall–Kier alpha value is -1.36. The number of oxazole rings is 1. The van der Waals surface area contributed by atoms with Gasteiger partial charge in [0.05, 0.1) is 0 Å². The number of hydrogen-bond donors (Lipinski definition) is 1. The van der Waals surface area contributed by atoms with Gasteiger partial charge in [-0.1, -0.05) is 13.8 Å². The molecule has 1 fully saturated rings. The Morgan fingerprint density at radius 1 is 1.33 bits per heavy atom. The third kappa shape index (κ3) is 2.14. The molecule has 0 saturated carbocycles. The molecule has 2 heterocycles. The van der Waals surface area contributed by atoms with E-state index in [2.05, 4.69) is 23.7 Å². The first kappa shape index (κ1) is 11.7. The summed E-state index contributed by atoms with van der Waals surface area (Å²) in [4.78, 5) is 6.77. The van der Waals surface area contributed by atoms with Gasteiger partial charge in [0.2, 0.25) is 0 Å². The van der Waals surface area contributed by atoms with Crippen LogP contribution in [0.1, 0.15) is 13.8 Å². The van der Waals surface area contributed by atoms with Crippen molar-refractivity contribution in [2.45, 2.75) is 24.3 Å². The van der Waals surface area contributed by atoms with Crippen LogP contribution in [0.4, 0.5) is 11.7 Å². The van der Waals surface area contributed by atoms with Crippen LogP contribution < -0.4 is 10.6 Å². The van der Waals surface area contributed by atoms with Gasteiger partial charge in [-0.05, 0) is 12.1 Å². The van der Waals surface area contributed by atoms with Crippen molar-refractivity contribution < 1.29 is 4.42 Å². The highest BCUT2D eigenvalue weighted by Gasteiger charge is 2.25. The van der Waals surface area contributed by atoms with E-state index in [-0.39, 0.29) is 0 Å². The van der Waals surface area contributed by atoms with E-state index in [0.717, 1.165) is 30.2 Å². The number of fused-ring (bicyclic) bond motifs is 1. The number of nitrogen functional groups attached to an aromatic ring is 1. The van der Waals surface area contributed by atoms with Crippen LogP contribution in [0.15, 0.2) is 22.6 Å². The van der Waals surface area contributed by atoms with E-state index >= 15 is 0 Å². The fraction of sp³-hybridized carbons (Fsp3) is 0.462. The lowest BCUT2D eigenvalue weighted by Crippen LogP contribution is -2.40. The van der Waals surface area contributed by atoms with Crippen molar-refractivity contribution in [3.05, 3.63) is 18.2 Å². The maximum absolute atomic E-state index is 5.81. The first-order valence-electron chi connectivity index (χ1n) is 6.18. The molecule has 3 rings (SSSR count). The summed E-state index contributed by atoms with van der Waals surface area (Å²) in [5.74, 6) is 0. The smallest absolute Gasteiger partial charge is 0.298 e. The molecular weight excluding hydrogens is 246 g/mol. The van der Waals surface area contributed by atoms with Crippen LogP contribution in [0.25, 0.3) is 11.1 Å². The summed E-state index contributed by atoms with van der Waals surface area (Å²) in [6, 6.07) is 6.31. The molecule has 1 aliphatic rings. The Morgan fingerprint density at radius 2 is 2.06 bits per heavy atom. The fourth-order valence-corrected chi connectivity index (χ4v) is 3.72. The topological polar surface area (TPSA) is 55.3 Å². The molecule has 4 nitrogen and oxygen atoms in total. The minimum absolute atomic E-state index is 0.605. The lowest BCUT2D eigenvalue weighted by atomic mass is 10.3. The zero-order valence-corrected chi connectivity index (χ0v) is 11.4. The second-order valence-corrected chi connectivity index (χ2v) is 6.77. The van der Waals surface area contributed by atoms with Gasteiger partial charge in [0, 0.05) is 35.3 Å². The standard InChI is InChI=1S/C13H17N3OS/c1-8-6-16(7-9(2)18-8)13-15-11-4-3-10(14)5-12(11)17-13/h3-5,8-9H,6-7,14H2,1-2H3. The van der Waals surface area contributed by atoms with Gasteiger partial charge >= 0.3 is 0 Å². The summed E-state index contributed by atoms with van der Waals surface area (Å²) in [5, 5.41) is 1.21. The number of thioether (sulfide) groups is 1. The van der Waals surface area contributed by atoms with Crippen molar-refractivity contribution in [1.29, 1.82) is 0 Å². The largest absolute Gasteiger partial charge is 0.423 e. The molecule has 0 amide bonds. The van der Waals surface area contributed by atoms with Gasteiger partial charge < -0.3 is 15.1 Å². The number of benzene rings is 1. The van der Waals surface area contributed by atoms with Crippen LogP contribution in [-0.2, 0) is 0 Å². The monoisotopic (exact) mass is 263 g/mol. The number of rotatable bonds is 1. The van der Waals surface area contributed by atoms with Gasteiger partial charge in [-0.15, -0.1) is 0 Å². The zero-order chi connectivity index (χ0) is 12.7. The molecule has 0 spiro atoms. The average molecular weight is 263 g/mol. The highest BCUT2D eigenvalue weighted by Crippen LogP contribution is 2.30. The lowest BCUT2D eigenvalue weighted by Gasteiger charge is -2.33. The van der Waals surface area contributed by atoms with Crippen molar-refractivity contribution in [3.8, 4) is 0 Å². The number of nitrogens with zero attached hydrogens (tertiary/aromatic N) is 2. The van der Waals surface area contributed by atoms with E-state index in [4.69, 9.17) is 10.2 Å². The van der Waals surface area contributed by atoms with Crippen molar-refractivity contribution >= 4 is 34.6 Å². The SMILES string of the molecule is CC1CN(c2nc3ccc(N)cc3o2)CC(C)S1. The zero-order valence-electron chi connectivity index (χ0n) is 10.6. The van der Waals surface area contributed by atoms with E-state index in [9.17, 15) is 0 Å². The molecule has 1 saturated heterocycles. The molecule has 2 aromatic rings. The summed E-state index contributed by atoms with van der Waals surface area (Å²) in [6.45, 7) is 6.45. The molecule has 0 aliphatic carbocycles. The number of nitrogens with two attached hydrogens (primary N) is 1. The Kier molecular flexibility index (Phi) is 2.86. The highest BCUT2D eigenvalue weighted by atomic mass is 32.2.